The van der Waals surface area contributed by atoms with Crippen LogP contribution in [-0.2, 0) is 19.1 Å². The summed E-state index contributed by atoms with van der Waals surface area (Å²) in [6.45, 7) is 4.73. The van der Waals surface area contributed by atoms with E-state index in [1.807, 2.05) is 0 Å². The number of cyclic esters (lactones) is 1. The van der Waals surface area contributed by atoms with Crippen LogP contribution in [0.3, 0.4) is 0 Å². The van der Waals surface area contributed by atoms with Crippen LogP contribution in [-0.4, -0.2) is 46.6 Å². The Kier molecular flexibility index (Phi) is 6.33. The molecule has 0 aromatic carbocycles. The summed E-state index contributed by atoms with van der Waals surface area (Å²) in [4.78, 5) is 22.9. The largest absolute Gasteiger partial charge is 0.451 e. The lowest BCUT2D eigenvalue weighted by Gasteiger charge is -2.20. The summed E-state index contributed by atoms with van der Waals surface area (Å²) in [7, 11) is 0. The number of aliphatic hydroxyl groups excluding tert-OH is 2. The number of allylic oxidation sites excluding steroid dienone is 1. The first-order chi connectivity index (χ1) is 9.85. The zero-order valence-electron chi connectivity index (χ0n) is 12.2. The molecule has 0 amide bonds. The molecule has 0 saturated heterocycles. The SMILES string of the molecule is C/C=C(\C)C(=O)OC(/C=C/C(O)C(C)O)C1C=CC(=O)O1. The summed E-state index contributed by atoms with van der Waals surface area (Å²) >= 11 is 0. The van der Waals surface area contributed by atoms with Gasteiger partial charge in [0.1, 0.15) is 0 Å². The van der Waals surface area contributed by atoms with E-state index in [9.17, 15) is 19.8 Å². The minimum Gasteiger partial charge on any atom is -0.451 e. The Balaban J connectivity index is 2.82. The molecular weight excluding hydrogens is 276 g/mol. The van der Waals surface area contributed by atoms with Gasteiger partial charge in [-0.15, -0.1) is 0 Å². The summed E-state index contributed by atoms with van der Waals surface area (Å²) in [5, 5.41) is 18.8. The molecule has 2 N–H and O–H groups in total. The Bertz CT molecular complexity index is 475. The lowest BCUT2D eigenvalue weighted by atomic mass is 10.1. The maximum Gasteiger partial charge on any atom is 0.334 e. The van der Waals surface area contributed by atoms with E-state index in [0.717, 1.165) is 0 Å². The molecule has 6 nitrogen and oxygen atoms in total. The Hall–Kier alpha value is -1.92. The van der Waals surface area contributed by atoms with Crippen molar-refractivity contribution in [2.45, 2.75) is 45.2 Å². The number of rotatable bonds is 6. The van der Waals surface area contributed by atoms with Crippen molar-refractivity contribution in [2.24, 2.45) is 0 Å². The average Bonchev–Trinajstić information content (AvgIpc) is 2.87. The van der Waals surface area contributed by atoms with Gasteiger partial charge in [0, 0.05) is 11.6 Å². The Morgan fingerprint density at radius 2 is 2.10 bits per heavy atom. The number of hydrogen-bond acceptors (Lipinski definition) is 6. The first-order valence-electron chi connectivity index (χ1n) is 6.62. The number of hydrogen-bond donors (Lipinski definition) is 2. The van der Waals surface area contributed by atoms with E-state index in [1.165, 1.54) is 31.2 Å². The summed E-state index contributed by atoms with van der Waals surface area (Å²) in [5.41, 5.74) is 0.415. The molecule has 1 aliphatic rings. The van der Waals surface area contributed by atoms with E-state index in [-0.39, 0.29) is 0 Å². The number of esters is 2. The second-order valence-electron chi connectivity index (χ2n) is 4.72. The van der Waals surface area contributed by atoms with Gasteiger partial charge in [0.15, 0.2) is 12.2 Å². The van der Waals surface area contributed by atoms with Crippen molar-refractivity contribution < 1.29 is 29.3 Å². The van der Waals surface area contributed by atoms with Gasteiger partial charge in [-0.1, -0.05) is 12.2 Å². The summed E-state index contributed by atoms with van der Waals surface area (Å²) in [5.74, 6) is -1.07. The Morgan fingerprint density at radius 3 is 2.57 bits per heavy atom. The van der Waals surface area contributed by atoms with Crippen LogP contribution >= 0.6 is 0 Å². The van der Waals surface area contributed by atoms with Crippen LogP contribution in [0.4, 0.5) is 0 Å². The molecule has 0 aromatic rings. The molecule has 0 spiro atoms. The van der Waals surface area contributed by atoms with E-state index in [1.54, 1.807) is 19.9 Å². The molecule has 4 atom stereocenters. The zero-order chi connectivity index (χ0) is 16.0. The van der Waals surface area contributed by atoms with E-state index < -0.39 is 36.4 Å². The first-order valence-corrected chi connectivity index (χ1v) is 6.62. The second kappa shape index (κ2) is 7.75. The number of carbonyl (C=O) groups excluding carboxylic acids is 2. The third-order valence-corrected chi connectivity index (χ3v) is 2.99. The molecule has 0 aliphatic carbocycles. The molecule has 0 radical (unpaired) electrons. The summed E-state index contributed by atoms with van der Waals surface area (Å²) in [6.07, 6.45) is 3.33. The Labute approximate surface area is 123 Å². The van der Waals surface area contributed by atoms with E-state index in [2.05, 4.69) is 0 Å². The van der Waals surface area contributed by atoms with Gasteiger partial charge in [-0.2, -0.15) is 0 Å². The van der Waals surface area contributed by atoms with Crippen LogP contribution < -0.4 is 0 Å². The van der Waals surface area contributed by atoms with Crippen LogP contribution in [0.1, 0.15) is 20.8 Å². The number of ether oxygens (including phenoxy) is 2. The summed E-state index contributed by atoms with van der Waals surface area (Å²) < 4.78 is 10.2. The van der Waals surface area contributed by atoms with Gasteiger partial charge in [-0.25, -0.2) is 9.59 Å². The van der Waals surface area contributed by atoms with Crippen LogP contribution in [0.5, 0.6) is 0 Å². The van der Waals surface area contributed by atoms with Gasteiger partial charge in [0.25, 0.3) is 0 Å². The molecule has 0 fully saturated rings. The predicted molar refractivity (Wildman–Crippen MR) is 75.2 cm³/mol. The molecule has 1 rings (SSSR count). The zero-order valence-corrected chi connectivity index (χ0v) is 12.2. The number of aliphatic hydroxyl groups is 2. The molecule has 116 valence electrons. The fourth-order valence-corrected chi connectivity index (χ4v) is 1.50. The average molecular weight is 296 g/mol. The van der Waals surface area contributed by atoms with Gasteiger partial charge in [-0.3, -0.25) is 0 Å². The van der Waals surface area contributed by atoms with Crippen molar-refractivity contribution in [3.63, 3.8) is 0 Å². The molecule has 6 heteroatoms. The van der Waals surface area contributed by atoms with E-state index in [4.69, 9.17) is 9.47 Å². The molecule has 1 aliphatic heterocycles. The van der Waals surface area contributed by atoms with Crippen LogP contribution in [0.15, 0.2) is 36.0 Å². The fourth-order valence-electron chi connectivity index (χ4n) is 1.50. The van der Waals surface area contributed by atoms with Crippen molar-refractivity contribution in [2.75, 3.05) is 0 Å². The number of carbonyl (C=O) groups is 2. The highest BCUT2D eigenvalue weighted by molar-refractivity contribution is 5.88. The van der Waals surface area contributed by atoms with E-state index >= 15 is 0 Å². The normalized spacial score (nSPS) is 23.0. The molecule has 4 unspecified atom stereocenters. The highest BCUT2D eigenvalue weighted by Crippen LogP contribution is 2.16. The van der Waals surface area contributed by atoms with Crippen LogP contribution in [0.2, 0.25) is 0 Å². The highest BCUT2D eigenvalue weighted by Gasteiger charge is 2.28. The minimum absolute atomic E-state index is 0.415. The van der Waals surface area contributed by atoms with Crippen molar-refractivity contribution in [3.05, 3.63) is 36.0 Å². The van der Waals surface area contributed by atoms with E-state index in [0.29, 0.717) is 5.57 Å². The third kappa shape index (κ3) is 5.17. The topological polar surface area (TPSA) is 93.1 Å². The van der Waals surface area contributed by atoms with Gasteiger partial charge < -0.3 is 19.7 Å². The monoisotopic (exact) mass is 296 g/mol. The van der Waals surface area contributed by atoms with Crippen molar-refractivity contribution >= 4 is 11.9 Å². The maximum atomic E-state index is 11.8. The second-order valence-corrected chi connectivity index (χ2v) is 4.72. The molecule has 1 heterocycles. The smallest absolute Gasteiger partial charge is 0.334 e. The molecule has 0 aromatic heterocycles. The first kappa shape index (κ1) is 17.1. The summed E-state index contributed by atoms with van der Waals surface area (Å²) in [6, 6.07) is 0. The van der Waals surface area contributed by atoms with Crippen molar-refractivity contribution in [3.8, 4) is 0 Å². The quantitative estimate of drug-likeness (QED) is 0.424. The maximum absolute atomic E-state index is 11.8. The highest BCUT2D eigenvalue weighted by atomic mass is 16.6. The molecule has 0 saturated carbocycles. The molecule has 21 heavy (non-hydrogen) atoms. The molecular formula is C15H20O6. The minimum atomic E-state index is -1.10. The third-order valence-electron chi connectivity index (χ3n) is 2.99. The Morgan fingerprint density at radius 1 is 1.43 bits per heavy atom. The van der Waals surface area contributed by atoms with Crippen LogP contribution in [0.25, 0.3) is 0 Å². The van der Waals surface area contributed by atoms with Gasteiger partial charge in [0.2, 0.25) is 0 Å². The standard InChI is InChI=1S/C15H20O6/c1-4-9(2)15(19)21-13(6-5-11(17)10(3)16)12-7-8-14(18)20-12/h4-8,10-13,16-17H,1-3H3/b6-5+,9-4+. The van der Waals surface area contributed by atoms with Gasteiger partial charge >= 0.3 is 11.9 Å². The fraction of sp³-hybridized carbons (Fsp3) is 0.467. The predicted octanol–water partition coefficient (Wildman–Crippen LogP) is 0.644. The van der Waals surface area contributed by atoms with Gasteiger partial charge in [-0.05, 0) is 32.9 Å². The van der Waals surface area contributed by atoms with Gasteiger partial charge in [0.05, 0.1) is 12.2 Å². The van der Waals surface area contributed by atoms with Crippen molar-refractivity contribution in [1.82, 2.24) is 0 Å². The lowest BCUT2D eigenvalue weighted by molar-refractivity contribution is -0.153. The van der Waals surface area contributed by atoms with Crippen molar-refractivity contribution in [1.29, 1.82) is 0 Å². The lowest BCUT2D eigenvalue weighted by Crippen LogP contribution is -2.30. The van der Waals surface area contributed by atoms with Crippen LogP contribution in [0, 0.1) is 0 Å². The molecule has 0 bridgehead atoms.